The molecule has 0 saturated carbocycles. The maximum absolute atomic E-state index is 12.4. The first kappa shape index (κ1) is 14.5. The van der Waals surface area contributed by atoms with Crippen LogP contribution in [0, 0.1) is 6.92 Å². The van der Waals surface area contributed by atoms with Gasteiger partial charge in [0, 0.05) is 10.9 Å². The van der Waals surface area contributed by atoms with Crippen LogP contribution in [-0.4, -0.2) is 22.5 Å². The molecule has 6 heteroatoms. The predicted molar refractivity (Wildman–Crippen MR) is 86.4 cm³/mol. The molecule has 0 aliphatic carbocycles. The number of carbonyl (C=O) groups is 1. The number of fused-ring (bicyclic) bond motifs is 1. The van der Waals surface area contributed by atoms with Gasteiger partial charge in [0.05, 0.1) is 12.0 Å². The number of benzene rings is 1. The van der Waals surface area contributed by atoms with Crippen molar-refractivity contribution in [2.45, 2.75) is 13.8 Å². The largest absolute Gasteiger partial charge is 0.460 e. The van der Waals surface area contributed by atoms with Crippen molar-refractivity contribution < 1.29 is 9.53 Å². The summed E-state index contributed by atoms with van der Waals surface area (Å²) in [7, 11) is 0. The molecule has 0 unspecified atom stereocenters. The molecule has 0 spiro atoms. The summed E-state index contributed by atoms with van der Waals surface area (Å²) in [6.07, 6.45) is 0. The number of hydrogen-bond acceptors (Lipinski definition) is 5. The van der Waals surface area contributed by atoms with Crippen LogP contribution in [0.4, 0.5) is 0 Å². The monoisotopic (exact) mass is 314 g/mol. The van der Waals surface area contributed by atoms with Gasteiger partial charge in [0.25, 0.3) is 5.56 Å². The lowest BCUT2D eigenvalue weighted by Crippen LogP contribution is -2.17. The first-order valence-electron chi connectivity index (χ1n) is 6.86. The molecule has 0 aliphatic rings. The van der Waals surface area contributed by atoms with Crippen molar-refractivity contribution in [1.29, 1.82) is 0 Å². The van der Waals surface area contributed by atoms with E-state index in [-0.39, 0.29) is 18.0 Å². The Balaban J connectivity index is 2.17. The van der Waals surface area contributed by atoms with Crippen LogP contribution in [0.1, 0.15) is 23.1 Å². The molecule has 2 heterocycles. The van der Waals surface area contributed by atoms with Crippen molar-refractivity contribution in [1.82, 2.24) is 9.97 Å². The third-order valence-corrected chi connectivity index (χ3v) is 4.11. The highest BCUT2D eigenvalue weighted by Gasteiger charge is 2.16. The van der Waals surface area contributed by atoms with Gasteiger partial charge in [-0.2, -0.15) is 0 Å². The first-order chi connectivity index (χ1) is 10.6. The standard InChI is InChI=1S/C16H14N2O3S/c1-3-21-16(20)13-17-14(19)12-11(8-22-15(12)18-13)10-6-4-5-9(2)7-10/h4-8H,3H2,1-2H3,(H,17,18,19). The molecular formula is C16H14N2O3S. The Morgan fingerprint density at radius 3 is 2.95 bits per heavy atom. The van der Waals surface area contributed by atoms with Crippen LogP contribution < -0.4 is 5.56 Å². The summed E-state index contributed by atoms with van der Waals surface area (Å²) >= 11 is 1.34. The van der Waals surface area contributed by atoms with Crippen LogP contribution >= 0.6 is 11.3 Å². The number of nitrogens with zero attached hydrogens (tertiary/aromatic N) is 1. The van der Waals surface area contributed by atoms with Gasteiger partial charge in [-0.1, -0.05) is 29.8 Å². The van der Waals surface area contributed by atoms with E-state index in [1.165, 1.54) is 11.3 Å². The van der Waals surface area contributed by atoms with Crippen molar-refractivity contribution in [2.24, 2.45) is 0 Å². The number of rotatable bonds is 3. The van der Waals surface area contributed by atoms with E-state index in [0.29, 0.717) is 10.2 Å². The fourth-order valence-corrected chi connectivity index (χ4v) is 3.22. The number of nitrogens with one attached hydrogen (secondary N) is 1. The third-order valence-electron chi connectivity index (χ3n) is 3.24. The minimum Gasteiger partial charge on any atom is -0.460 e. The Bertz CT molecular complexity index is 911. The van der Waals surface area contributed by atoms with Gasteiger partial charge >= 0.3 is 5.97 Å². The molecule has 0 bridgehead atoms. The number of esters is 1. The number of H-pyrrole nitrogens is 1. The molecule has 1 aromatic carbocycles. The van der Waals surface area contributed by atoms with Gasteiger partial charge in [0.1, 0.15) is 4.83 Å². The second kappa shape index (κ2) is 5.73. The summed E-state index contributed by atoms with van der Waals surface area (Å²) in [4.78, 5) is 31.3. The Hall–Kier alpha value is -2.47. The number of carbonyl (C=O) groups excluding carboxylic acids is 1. The molecule has 112 valence electrons. The molecule has 0 fully saturated rings. The molecular weight excluding hydrogens is 300 g/mol. The van der Waals surface area contributed by atoms with E-state index < -0.39 is 5.97 Å². The molecule has 0 atom stereocenters. The Morgan fingerprint density at radius 1 is 1.41 bits per heavy atom. The number of ether oxygens (including phenoxy) is 1. The van der Waals surface area contributed by atoms with Crippen LogP contribution in [0.2, 0.25) is 0 Å². The summed E-state index contributed by atoms with van der Waals surface area (Å²) in [6.45, 7) is 3.94. The number of aromatic nitrogens is 2. The van der Waals surface area contributed by atoms with Crippen molar-refractivity contribution in [2.75, 3.05) is 6.61 Å². The zero-order valence-electron chi connectivity index (χ0n) is 12.2. The van der Waals surface area contributed by atoms with Gasteiger partial charge in [0.2, 0.25) is 5.82 Å². The molecule has 22 heavy (non-hydrogen) atoms. The summed E-state index contributed by atoms with van der Waals surface area (Å²) in [6, 6.07) is 7.91. The highest BCUT2D eigenvalue weighted by molar-refractivity contribution is 7.17. The van der Waals surface area contributed by atoms with Crippen molar-refractivity contribution in [3.05, 3.63) is 51.4 Å². The van der Waals surface area contributed by atoms with Crippen molar-refractivity contribution in [3.8, 4) is 11.1 Å². The van der Waals surface area contributed by atoms with Gasteiger partial charge in [-0.05, 0) is 19.4 Å². The van der Waals surface area contributed by atoms with Crippen LogP contribution in [0.5, 0.6) is 0 Å². The van der Waals surface area contributed by atoms with E-state index in [1.54, 1.807) is 6.92 Å². The second-order valence-corrected chi connectivity index (χ2v) is 5.69. The van der Waals surface area contributed by atoms with E-state index in [1.807, 2.05) is 36.6 Å². The zero-order valence-corrected chi connectivity index (χ0v) is 13.0. The number of aryl methyl sites for hydroxylation is 1. The molecule has 0 radical (unpaired) electrons. The maximum atomic E-state index is 12.4. The minimum atomic E-state index is -0.619. The average Bonchev–Trinajstić information content (AvgIpc) is 2.92. The maximum Gasteiger partial charge on any atom is 0.374 e. The Labute approximate surface area is 130 Å². The second-order valence-electron chi connectivity index (χ2n) is 4.83. The predicted octanol–water partition coefficient (Wildman–Crippen LogP) is 3.14. The van der Waals surface area contributed by atoms with Gasteiger partial charge in [-0.15, -0.1) is 11.3 Å². The fraction of sp³-hybridized carbons (Fsp3) is 0.188. The lowest BCUT2D eigenvalue weighted by molar-refractivity contribution is 0.0512. The summed E-state index contributed by atoms with van der Waals surface area (Å²) in [5, 5.41) is 2.39. The fourth-order valence-electron chi connectivity index (χ4n) is 2.27. The minimum absolute atomic E-state index is 0.0583. The van der Waals surface area contributed by atoms with Crippen molar-refractivity contribution >= 4 is 27.5 Å². The first-order valence-corrected chi connectivity index (χ1v) is 7.73. The molecule has 0 amide bonds. The molecule has 0 saturated heterocycles. The van der Waals surface area contributed by atoms with E-state index in [9.17, 15) is 9.59 Å². The van der Waals surface area contributed by atoms with E-state index >= 15 is 0 Å². The molecule has 2 aromatic heterocycles. The number of hydrogen-bond donors (Lipinski definition) is 1. The molecule has 1 N–H and O–H groups in total. The summed E-state index contributed by atoms with van der Waals surface area (Å²) < 4.78 is 4.87. The zero-order chi connectivity index (χ0) is 15.7. The summed E-state index contributed by atoms with van der Waals surface area (Å²) in [5.41, 5.74) is 2.57. The molecule has 3 rings (SSSR count). The van der Waals surface area contributed by atoms with E-state index in [4.69, 9.17) is 4.74 Å². The van der Waals surface area contributed by atoms with E-state index in [0.717, 1.165) is 16.7 Å². The van der Waals surface area contributed by atoms with Crippen molar-refractivity contribution in [3.63, 3.8) is 0 Å². The van der Waals surface area contributed by atoms with Crippen LogP contribution in [0.3, 0.4) is 0 Å². The van der Waals surface area contributed by atoms with Gasteiger partial charge in [-0.25, -0.2) is 9.78 Å². The number of aromatic amines is 1. The molecule has 5 nitrogen and oxygen atoms in total. The smallest absolute Gasteiger partial charge is 0.374 e. The summed E-state index contributed by atoms with van der Waals surface area (Å²) in [5.74, 6) is -0.677. The SMILES string of the molecule is CCOC(=O)c1nc2scc(-c3cccc(C)c3)c2c(=O)[nH]1. The lowest BCUT2D eigenvalue weighted by atomic mass is 10.0. The van der Waals surface area contributed by atoms with Gasteiger partial charge in [-0.3, -0.25) is 4.79 Å². The van der Waals surface area contributed by atoms with Crippen LogP contribution in [0.15, 0.2) is 34.4 Å². The third kappa shape index (κ3) is 2.53. The topological polar surface area (TPSA) is 72.0 Å². The van der Waals surface area contributed by atoms with Gasteiger partial charge < -0.3 is 9.72 Å². The Kier molecular flexibility index (Phi) is 3.77. The highest BCUT2D eigenvalue weighted by Crippen LogP contribution is 2.31. The average molecular weight is 314 g/mol. The van der Waals surface area contributed by atoms with E-state index in [2.05, 4.69) is 9.97 Å². The highest BCUT2D eigenvalue weighted by atomic mass is 32.1. The lowest BCUT2D eigenvalue weighted by Gasteiger charge is -2.02. The number of thiophene rings is 1. The van der Waals surface area contributed by atoms with Crippen LogP contribution in [0.25, 0.3) is 21.3 Å². The quantitative estimate of drug-likeness (QED) is 0.754. The Morgan fingerprint density at radius 2 is 2.23 bits per heavy atom. The normalized spacial score (nSPS) is 10.8. The van der Waals surface area contributed by atoms with Crippen LogP contribution in [-0.2, 0) is 4.74 Å². The van der Waals surface area contributed by atoms with Gasteiger partial charge in [0.15, 0.2) is 0 Å². The molecule has 3 aromatic rings. The molecule has 0 aliphatic heterocycles.